The number of hydrogen-bond acceptors (Lipinski definition) is 2. The maximum atomic E-state index is 12.0. The Kier molecular flexibility index (Phi) is 10.6. The standard InChI is InChI=1S/C16H26N4O.HI/c1-5-17-16(20-12(2)3)19-10-9-18-15(21)14-8-6-7-13(4)11-14;/h6-8,11-12H,5,9-10H2,1-4H3,(H,18,21)(H2,17,19,20);1H. The van der Waals surface area contributed by atoms with Crippen LogP contribution in [0, 0.1) is 6.92 Å². The van der Waals surface area contributed by atoms with Crippen LogP contribution in [0.3, 0.4) is 0 Å². The van der Waals surface area contributed by atoms with Crippen LogP contribution in [0.25, 0.3) is 0 Å². The van der Waals surface area contributed by atoms with Crippen molar-refractivity contribution >= 4 is 35.8 Å². The number of aryl methyl sites for hydroxylation is 1. The Morgan fingerprint density at radius 1 is 1.27 bits per heavy atom. The van der Waals surface area contributed by atoms with Crippen molar-refractivity contribution in [3.63, 3.8) is 0 Å². The molecule has 6 heteroatoms. The molecule has 1 aromatic carbocycles. The Labute approximate surface area is 150 Å². The first-order valence-corrected chi connectivity index (χ1v) is 7.42. The number of hydrogen-bond donors (Lipinski definition) is 3. The zero-order valence-corrected chi connectivity index (χ0v) is 16.1. The van der Waals surface area contributed by atoms with Crippen molar-refractivity contribution in [1.29, 1.82) is 0 Å². The molecule has 0 aliphatic rings. The van der Waals surface area contributed by atoms with Crippen LogP contribution in [0.4, 0.5) is 0 Å². The van der Waals surface area contributed by atoms with Gasteiger partial charge in [-0.25, -0.2) is 0 Å². The molecule has 0 bridgehead atoms. The summed E-state index contributed by atoms with van der Waals surface area (Å²) in [6.45, 7) is 9.99. The van der Waals surface area contributed by atoms with Crippen LogP contribution in [0.15, 0.2) is 29.3 Å². The Morgan fingerprint density at radius 2 is 2.00 bits per heavy atom. The number of nitrogens with one attached hydrogen (secondary N) is 3. The largest absolute Gasteiger partial charge is 0.357 e. The fourth-order valence-electron chi connectivity index (χ4n) is 1.82. The Morgan fingerprint density at radius 3 is 2.59 bits per heavy atom. The fourth-order valence-corrected chi connectivity index (χ4v) is 1.82. The summed E-state index contributed by atoms with van der Waals surface area (Å²) < 4.78 is 0. The van der Waals surface area contributed by atoms with Gasteiger partial charge in [0.25, 0.3) is 5.91 Å². The van der Waals surface area contributed by atoms with E-state index in [1.54, 1.807) is 0 Å². The molecule has 0 radical (unpaired) electrons. The van der Waals surface area contributed by atoms with Gasteiger partial charge in [0.1, 0.15) is 0 Å². The molecule has 1 rings (SSSR count). The molecule has 0 unspecified atom stereocenters. The van der Waals surface area contributed by atoms with E-state index in [0.29, 0.717) is 24.7 Å². The van der Waals surface area contributed by atoms with Crippen LogP contribution >= 0.6 is 24.0 Å². The highest BCUT2D eigenvalue weighted by Gasteiger charge is 2.04. The van der Waals surface area contributed by atoms with Crippen molar-refractivity contribution in [1.82, 2.24) is 16.0 Å². The van der Waals surface area contributed by atoms with E-state index in [4.69, 9.17) is 0 Å². The highest BCUT2D eigenvalue weighted by atomic mass is 127. The molecule has 0 aliphatic carbocycles. The Hall–Kier alpha value is -1.31. The molecule has 0 heterocycles. The average molecular weight is 418 g/mol. The van der Waals surface area contributed by atoms with Gasteiger partial charge in [0.05, 0.1) is 6.54 Å². The summed E-state index contributed by atoms with van der Waals surface area (Å²) in [5.74, 6) is 0.716. The van der Waals surface area contributed by atoms with Gasteiger partial charge in [0, 0.05) is 24.7 Å². The predicted molar refractivity (Wildman–Crippen MR) is 103 cm³/mol. The van der Waals surface area contributed by atoms with E-state index in [1.165, 1.54) is 0 Å². The smallest absolute Gasteiger partial charge is 0.251 e. The molecule has 22 heavy (non-hydrogen) atoms. The van der Waals surface area contributed by atoms with Crippen molar-refractivity contribution in [2.45, 2.75) is 33.7 Å². The number of amides is 1. The summed E-state index contributed by atoms with van der Waals surface area (Å²) in [5.41, 5.74) is 1.77. The van der Waals surface area contributed by atoms with E-state index in [9.17, 15) is 4.79 Å². The first kappa shape index (κ1) is 20.7. The van der Waals surface area contributed by atoms with Gasteiger partial charge in [-0.1, -0.05) is 17.7 Å². The molecule has 3 N–H and O–H groups in total. The second-order valence-electron chi connectivity index (χ2n) is 5.19. The van der Waals surface area contributed by atoms with Gasteiger partial charge < -0.3 is 16.0 Å². The second-order valence-corrected chi connectivity index (χ2v) is 5.19. The van der Waals surface area contributed by atoms with Crippen LogP contribution in [-0.4, -0.2) is 37.5 Å². The number of guanidine groups is 1. The van der Waals surface area contributed by atoms with Gasteiger partial charge >= 0.3 is 0 Å². The lowest BCUT2D eigenvalue weighted by Crippen LogP contribution is -2.41. The quantitative estimate of drug-likeness (QED) is 0.288. The Balaban J connectivity index is 0.00000441. The molecule has 0 saturated carbocycles. The van der Waals surface area contributed by atoms with Crippen molar-refractivity contribution in [3.05, 3.63) is 35.4 Å². The van der Waals surface area contributed by atoms with Crippen LogP contribution in [0.5, 0.6) is 0 Å². The molecule has 0 aliphatic heterocycles. The maximum absolute atomic E-state index is 12.0. The molecule has 5 nitrogen and oxygen atoms in total. The van der Waals surface area contributed by atoms with Crippen molar-refractivity contribution in [2.75, 3.05) is 19.6 Å². The lowest BCUT2D eigenvalue weighted by atomic mass is 10.1. The van der Waals surface area contributed by atoms with Gasteiger partial charge in [-0.2, -0.15) is 0 Å². The molecule has 1 amide bonds. The summed E-state index contributed by atoms with van der Waals surface area (Å²) in [4.78, 5) is 16.4. The van der Waals surface area contributed by atoms with Crippen molar-refractivity contribution < 1.29 is 4.79 Å². The van der Waals surface area contributed by atoms with Crippen LogP contribution < -0.4 is 16.0 Å². The van der Waals surface area contributed by atoms with Gasteiger partial charge in [-0.3, -0.25) is 9.79 Å². The first-order valence-electron chi connectivity index (χ1n) is 7.42. The lowest BCUT2D eigenvalue weighted by Gasteiger charge is -2.14. The minimum atomic E-state index is -0.0595. The number of nitrogens with zero attached hydrogens (tertiary/aromatic N) is 1. The molecule has 0 spiro atoms. The third-order valence-corrected chi connectivity index (χ3v) is 2.72. The zero-order chi connectivity index (χ0) is 15.7. The van der Waals surface area contributed by atoms with Gasteiger partial charge in [0.15, 0.2) is 5.96 Å². The summed E-state index contributed by atoms with van der Waals surface area (Å²) in [6, 6.07) is 7.88. The van der Waals surface area contributed by atoms with Crippen molar-refractivity contribution in [2.24, 2.45) is 4.99 Å². The monoisotopic (exact) mass is 418 g/mol. The summed E-state index contributed by atoms with van der Waals surface area (Å²) in [7, 11) is 0. The van der Waals surface area contributed by atoms with Gasteiger partial charge in [-0.15, -0.1) is 24.0 Å². The number of aliphatic imine (C=N–C) groups is 1. The highest BCUT2D eigenvalue weighted by Crippen LogP contribution is 2.03. The SMILES string of the molecule is CCNC(=NCCNC(=O)c1cccc(C)c1)NC(C)C.I. The van der Waals surface area contributed by atoms with E-state index in [1.807, 2.05) is 38.1 Å². The molecule has 124 valence electrons. The van der Waals surface area contributed by atoms with Gasteiger partial charge in [0.2, 0.25) is 0 Å². The molecule has 0 fully saturated rings. The zero-order valence-electron chi connectivity index (χ0n) is 13.8. The minimum Gasteiger partial charge on any atom is -0.357 e. The van der Waals surface area contributed by atoms with Gasteiger partial charge in [-0.05, 0) is 39.8 Å². The highest BCUT2D eigenvalue weighted by molar-refractivity contribution is 14.0. The number of benzene rings is 1. The number of carbonyl (C=O) groups is 1. The summed E-state index contributed by atoms with van der Waals surface area (Å²) in [5, 5.41) is 9.28. The number of carbonyl (C=O) groups excluding carboxylic acids is 1. The normalized spacial score (nSPS) is 10.9. The minimum absolute atomic E-state index is 0. The molecule has 0 aromatic heterocycles. The van der Waals surface area contributed by atoms with Crippen LogP contribution in [0.2, 0.25) is 0 Å². The third-order valence-electron chi connectivity index (χ3n) is 2.72. The lowest BCUT2D eigenvalue weighted by molar-refractivity contribution is 0.0954. The number of halogens is 1. The molecule has 0 saturated heterocycles. The van der Waals surface area contributed by atoms with E-state index in [0.717, 1.165) is 18.1 Å². The second kappa shape index (κ2) is 11.3. The van der Waals surface area contributed by atoms with Crippen LogP contribution in [0.1, 0.15) is 36.7 Å². The average Bonchev–Trinajstić information content (AvgIpc) is 2.43. The fraction of sp³-hybridized carbons (Fsp3) is 0.500. The molecular formula is C16H27IN4O. The molecular weight excluding hydrogens is 391 g/mol. The first-order chi connectivity index (χ1) is 10.0. The topological polar surface area (TPSA) is 65.5 Å². The van der Waals surface area contributed by atoms with E-state index in [2.05, 4.69) is 34.8 Å². The molecule has 0 atom stereocenters. The van der Waals surface area contributed by atoms with E-state index < -0.39 is 0 Å². The Bertz CT molecular complexity index is 489. The predicted octanol–water partition coefficient (Wildman–Crippen LogP) is 2.31. The molecule has 1 aromatic rings. The third kappa shape index (κ3) is 8.21. The van der Waals surface area contributed by atoms with Crippen LogP contribution in [-0.2, 0) is 0 Å². The van der Waals surface area contributed by atoms with E-state index >= 15 is 0 Å². The number of rotatable bonds is 6. The summed E-state index contributed by atoms with van der Waals surface area (Å²) in [6.07, 6.45) is 0. The maximum Gasteiger partial charge on any atom is 0.251 e. The van der Waals surface area contributed by atoms with E-state index in [-0.39, 0.29) is 29.9 Å². The van der Waals surface area contributed by atoms with Crippen molar-refractivity contribution in [3.8, 4) is 0 Å². The summed E-state index contributed by atoms with van der Waals surface area (Å²) >= 11 is 0.